The molecular formula is C26H29FN8O2. The van der Waals surface area contributed by atoms with E-state index in [-0.39, 0.29) is 5.91 Å². The molecule has 0 unspecified atom stereocenters. The molecule has 0 aliphatic rings. The molecule has 3 aromatic heterocycles. The van der Waals surface area contributed by atoms with Crippen LogP contribution < -0.4 is 20.3 Å². The molecule has 4 aromatic rings. The number of amides is 1. The molecular weight excluding hydrogens is 475 g/mol. The predicted molar refractivity (Wildman–Crippen MR) is 144 cm³/mol. The van der Waals surface area contributed by atoms with E-state index in [0.29, 0.717) is 39.9 Å². The van der Waals surface area contributed by atoms with Crippen molar-refractivity contribution in [2.75, 3.05) is 56.9 Å². The smallest absolute Gasteiger partial charge is 0.247 e. The Kier molecular flexibility index (Phi) is 7.63. The first kappa shape index (κ1) is 25.6. The summed E-state index contributed by atoms with van der Waals surface area (Å²) in [6.07, 6.45) is 4.60. The number of aromatic nitrogens is 4. The van der Waals surface area contributed by atoms with E-state index in [9.17, 15) is 9.18 Å². The number of methoxy groups -OCH3 is 1. The normalized spacial score (nSPS) is 11.0. The molecule has 192 valence electrons. The van der Waals surface area contributed by atoms with E-state index in [2.05, 4.69) is 37.1 Å². The van der Waals surface area contributed by atoms with Crippen LogP contribution in [0.4, 0.5) is 27.4 Å². The summed E-state index contributed by atoms with van der Waals surface area (Å²) in [4.78, 5) is 29.2. The second-order valence-corrected chi connectivity index (χ2v) is 8.58. The molecule has 0 aliphatic carbocycles. The molecule has 1 amide bonds. The zero-order valence-corrected chi connectivity index (χ0v) is 21.2. The summed E-state index contributed by atoms with van der Waals surface area (Å²) in [5.41, 5.74) is 3.15. The van der Waals surface area contributed by atoms with Gasteiger partial charge in [-0.1, -0.05) is 6.58 Å². The van der Waals surface area contributed by atoms with Crippen LogP contribution in [0.25, 0.3) is 16.9 Å². The van der Waals surface area contributed by atoms with Crippen LogP contribution in [-0.2, 0) is 4.79 Å². The van der Waals surface area contributed by atoms with Crippen LogP contribution in [0.5, 0.6) is 5.75 Å². The monoisotopic (exact) mass is 504 g/mol. The summed E-state index contributed by atoms with van der Waals surface area (Å²) >= 11 is 0. The summed E-state index contributed by atoms with van der Waals surface area (Å²) < 4.78 is 21.0. The van der Waals surface area contributed by atoms with Crippen molar-refractivity contribution >= 4 is 40.0 Å². The molecule has 1 aromatic carbocycles. The number of hydrogen-bond donors (Lipinski definition) is 2. The number of nitrogens with one attached hydrogen (secondary N) is 2. The molecule has 0 saturated carbocycles. The molecule has 10 nitrogen and oxygen atoms in total. The predicted octanol–water partition coefficient (Wildman–Crippen LogP) is 3.83. The highest BCUT2D eigenvalue weighted by Gasteiger charge is 2.17. The SMILES string of the molecule is C=CC(=O)Nc1cc(Nc2nccc(-n3ccc4nc(F)ccc43)n2)c(OC)cc1N(C)CCN(C)C. The van der Waals surface area contributed by atoms with Crippen LogP contribution in [0.1, 0.15) is 0 Å². The molecule has 3 heterocycles. The lowest BCUT2D eigenvalue weighted by Gasteiger charge is -2.26. The number of halogens is 1. The van der Waals surface area contributed by atoms with Gasteiger partial charge in [0.1, 0.15) is 11.6 Å². The summed E-state index contributed by atoms with van der Waals surface area (Å²) in [5, 5.41) is 6.07. The molecule has 0 aliphatic heterocycles. The van der Waals surface area contributed by atoms with E-state index in [1.54, 1.807) is 48.3 Å². The van der Waals surface area contributed by atoms with Crippen molar-refractivity contribution in [2.45, 2.75) is 0 Å². The number of benzene rings is 1. The number of nitrogens with zero attached hydrogens (tertiary/aromatic N) is 6. The van der Waals surface area contributed by atoms with Crippen LogP contribution in [0.3, 0.4) is 0 Å². The van der Waals surface area contributed by atoms with Crippen molar-refractivity contribution in [2.24, 2.45) is 0 Å². The van der Waals surface area contributed by atoms with Gasteiger partial charge in [-0.15, -0.1) is 0 Å². The van der Waals surface area contributed by atoms with Crippen LogP contribution >= 0.6 is 0 Å². The summed E-state index contributed by atoms with van der Waals surface area (Å²) in [5.74, 6) is 0.546. The van der Waals surface area contributed by atoms with Crippen LogP contribution in [0.15, 0.2) is 61.4 Å². The minimum Gasteiger partial charge on any atom is -0.494 e. The highest BCUT2D eigenvalue weighted by Crippen LogP contribution is 2.38. The third kappa shape index (κ3) is 5.84. The molecule has 37 heavy (non-hydrogen) atoms. The van der Waals surface area contributed by atoms with Crippen molar-refractivity contribution in [3.63, 3.8) is 0 Å². The molecule has 0 atom stereocenters. The first-order valence-corrected chi connectivity index (χ1v) is 11.5. The molecule has 11 heteroatoms. The quantitative estimate of drug-likeness (QED) is 0.248. The molecule has 0 spiro atoms. The zero-order chi connectivity index (χ0) is 26.5. The topological polar surface area (TPSA) is 100 Å². The number of pyridine rings is 1. The Bertz CT molecular complexity index is 1440. The van der Waals surface area contributed by atoms with Gasteiger partial charge < -0.3 is 25.2 Å². The fourth-order valence-electron chi connectivity index (χ4n) is 3.76. The average Bonchev–Trinajstić information content (AvgIpc) is 3.30. The highest BCUT2D eigenvalue weighted by molar-refractivity contribution is 6.02. The number of fused-ring (bicyclic) bond motifs is 1. The van der Waals surface area contributed by atoms with Gasteiger partial charge in [-0.2, -0.15) is 9.37 Å². The van der Waals surface area contributed by atoms with Gasteiger partial charge in [-0.3, -0.25) is 9.36 Å². The number of anilines is 4. The molecule has 0 fully saturated rings. The first-order chi connectivity index (χ1) is 17.8. The zero-order valence-electron chi connectivity index (χ0n) is 21.2. The van der Waals surface area contributed by atoms with E-state index in [1.165, 1.54) is 12.1 Å². The van der Waals surface area contributed by atoms with Crippen molar-refractivity contribution in [3.8, 4) is 11.6 Å². The lowest BCUT2D eigenvalue weighted by Crippen LogP contribution is -2.29. The Hall–Kier alpha value is -4.51. The Morgan fingerprint density at radius 2 is 1.95 bits per heavy atom. The second-order valence-electron chi connectivity index (χ2n) is 8.58. The van der Waals surface area contributed by atoms with Crippen LogP contribution in [0, 0.1) is 5.95 Å². The number of hydrogen-bond acceptors (Lipinski definition) is 8. The third-order valence-corrected chi connectivity index (χ3v) is 5.70. The Morgan fingerprint density at radius 3 is 2.68 bits per heavy atom. The summed E-state index contributed by atoms with van der Waals surface area (Å²) in [6, 6.07) is 10.0. The van der Waals surface area contributed by atoms with Gasteiger partial charge in [0, 0.05) is 38.6 Å². The maximum absolute atomic E-state index is 13.5. The summed E-state index contributed by atoms with van der Waals surface area (Å²) in [7, 11) is 7.52. The lowest BCUT2D eigenvalue weighted by atomic mass is 10.2. The standard InChI is InChI=1S/C26H29FN8O2/c1-6-25(36)30-18-15-19(22(37-5)16-21(18)34(4)14-13-33(2)3)31-26-28-11-9-24(32-26)35-12-10-17-20(35)7-8-23(27)29-17/h6-12,15-16H,1,13-14H2,2-5H3,(H,30,36)(H,28,31,32). The Morgan fingerprint density at radius 1 is 1.14 bits per heavy atom. The number of carbonyl (C=O) groups is 1. The maximum Gasteiger partial charge on any atom is 0.247 e. The average molecular weight is 505 g/mol. The van der Waals surface area contributed by atoms with Crippen molar-refractivity contribution < 1.29 is 13.9 Å². The molecule has 2 N–H and O–H groups in total. The molecule has 0 radical (unpaired) electrons. The Labute approximate surface area is 214 Å². The molecule has 0 bridgehead atoms. The van der Waals surface area contributed by atoms with Crippen LogP contribution in [-0.4, -0.2) is 71.7 Å². The third-order valence-electron chi connectivity index (χ3n) is 5.70. The highest BCUT2D eigenvalue weighted by atomic mass is 19.1. The van der Waals surface area contributed by atoms with Gasteiger partial charge in [0.05, 0.1) is 35.2 Å². The van der Waals surface area contributed by atoms with Gasteiger partial charge in [-0.05, 0) is 50.5 Å². The fourth-order valence-corrected chi connectivity index (χ4v) is 3.76. The van der Waals surface area contributed by atoms with Gasteiger partial charge in [-0.25, -0.2) is 9.97 Å². The largest absolute Gasteiger partial charge is 0.494 e. The van der Waals surface area contributed by atoms with Gasteiger partial charge in [0.25, 0.3) is 0 Å². The minimum absolute atomic E-state index is 0.308. The van der Waals surface area contributed by atoms with E-state index in [4.69, 9.17) is 4.74 Å². The van der Waals surface area contributed by atoms with Crippen molar-refractivity contribution in [1.29, 1.82) is 0 Å². The number of likely N-dealkylation sites (N-methyl/N-ethyl adjacent to an activating group) is 2. The van der Waals surface area contributed by atoms with E-state index < -0.39 is 5.95 Å². The van der Waals surface area contributed by atoms with Crippen molar-refractivity contribution in [1.82, 2.24) is 24.4 Å². The summed E-state index contributed by atoms with van der Waals surface area (Å²) in [6.45, 7) is 5.11. The minimum atomic E-state index is -0.544. The van der Waals surface area contributed by atoms with Crippen LogP contribution in [0.2, 0.25) is 0 Å². The second kappa shape index (κ2) is 11.0. The van der Waals surface area contributed by atoms with Gasteiger partial charge in [0.15, 0.2) is 0 Å². The van der Waals surface area contributed by atoms with E-state index >= 15 is 0 Å². The van der Waals surface area contributed by atoms with Gasteiger partial charge >= 0.3 is 0 Å². The fraction of sp³-hybridized carbons (Fsp3) is 0.231. The lowest BCUT2D eigenvalue weighted by molar-refractivity contribution is -0.111. The number of ether oxygens (including phenoxy) is 1. The van der Waals surface area contributed by atoms with Gasteiger partial charge in [0.2, 0.25) is 17.8 Å². The van der Waals surface area contributed by atoms with E-state index in [0.717, 1.165) is 18.8 Å². The van der Waals surface area contributed by atoms with Crippen molar-refractivity contribution in [3.05, 3.63) is 67.4 Å². The maximum atomic E-state index is 13.5. The van der Waals surface area contributed by atoms with E-state index in [1.807, 2.05) is 32.1 Å². The number of rotatable bonds is 10. The Balaban J connectivity index is 1.69. The number of carbonyl (C=O) groups excluding carboxylic acids is 1. The first-order valence-electron chi connectivity index (χ1n) is 11.5. The molecule has 0 saturated heterocycles. The molecule has 4 rings (SSSR count).